The van der Waals surface area contributed by atoms with Crippen LogP contribution in [0.4, 0.5) is 15.5 Å². The molecule has 0 aliphatic rings. The van der Waals surface area contributed by atoms with Crippen molar-refractivity contribution in [2.45, 2.75) is 0 Å². The van der Waals surface area contributed by atoms with Gasteiger partial charge in [-0.3, -0.25) is 0 Å². The molecule has 0 spiro atoms. The predicted octanol–water partition coefficient (Wildman–Crippen LogP) is 2.09. The van der Waals surface area contributed by atoms with E-state index in [1.807, 2.05) is 6.07 Å². The van der Waals surface area contributed by atoms with Gasteiger partial charge in [-0.15, -0.1) is 0 Å². The molecule has 0 bridgehead atoms. The van der Waals surface area contributed by atoms with Gasteiger partial charge in [0, 0.05) is 0 Å². The number of carboxylic acid groups (broad SMARTS) is 1. The van der Waals surface area contributed by atoms with Crippen LogP contribution in [0.15, 0.2) is 29.6 Å². The van der Waals surface area contributed by atoms with E-state index in [1.165, 1.54) is 6.07 Å². The van der Waals surface area contributed by atoms with E-state index in [2.05, 4.69) is 18.6 Å². The van der Waals surface area contributed by atoms with E-state index >= 15 is 0 Å². The number of aromatic nitrogens is 2. The Bertz CT molecular complexity index is 829. The van der Waals surface area contributed by atoms with Crippen molar-refractivity contribution in [1.82, 2.24) is 7.96 Å². The number of carboxylic acids is 1. The second-order valence-electron chi connectivity index (χ2n) is 3.99. The Hall–Kier alpha value is -2.22. The molecule has 2 amide bonds. The van der Waals surface area contributed by atoms with Crippen molar-refractivity contribution in [3.05, 3.63) is 35.2 Å². The van der Waals surface area contributed by atoms with Crippen LogP contribution in [0.2, 0.25) is 0 Å². The normalized spacial score (nSPS) is 10.5. The number of hydrogen-bond donors (Lipinski definition) is 3. The van der Waals surface area contributed by atoms with E-state index in [-0.39, 0.29) is 20.5 Å². The van der Waals surface area contributed by atoms with E-state index in [1.54, 1.807) is 17.5 Å². The number of rotatable bonds is 3. The van der Waals surface area contributed by atoms with Gasteiger partial charge < -0.3 is 0 Å². The molecule has 0 saturated carbocycles. The third-order valence-corrected chi connectivity index (χ3v) is 4.63. The zero-order valence-corrected chi connectivity index (χ0v) is 12.9. The first kappa shape index (κ1) is 13.7. The predicted molar refractivity (Wildman–Crippen MR) is 80.4 cm³/mol. The first-order chi connectivity index (χ1) is 10.1. The van der Waals surface area contributed by atoms with Crippen LogP contribution in [0.1, 0.15) is 10.4 Å². The maximum absolute atomic E-state index is 12.0. The van der Waals surface area contributed by atoms with Crippen LogP contribution in [-0.4, -0.2) is 40.0 Å². The van der Waals surface area contributed by atoms with Gasteiger partial charge in [0.1, 0.15) is 0 Å². The Morgan fingerprint density at radius 2 is 2.05 bits per heavy atom. The van der Waals surface area contributed by atoms with Crippen molar-refractivity contribution >= 4 is 60.0 Å². The Balaban J connectivity index is 1.79. The summed E-state index contributed by atoms with van der Waals surface area (Å²) in [6, 6.07) is 6.27. The van der Waals surface area contributed by atoms with Crippen molar-refractivity contribution in [3.63, 3.8) is 0 Å². The number of anilines is 2. The third kappa shape index (κ3) is 2.80. The fourth-order valence-corrected chi connectivity index (χ4v) is 3.67. The first-order valence-corrected chi connectivity index (χ1v) is 8.16. The van der Waals surface area contributed by atoms with Crippen LogP contribution in [0.25, 0.3) is 11.0 Å². The molecule has 1 aromatic carbocycles. The van der Waals surface area contributed by atoms with Gasteiger partial charge in [0.15, 0.2) is 0 Å². The number of benzene rings is 1. The zero-order valence-electron chi connectivity index (χ0n) is 10.4. The minimum absolute atomic E-state index is 0.0662. The third-order valence-electron chi connectivity index (χ3n) is 2.66. The fourth-order valence-electron chi connectivity index (χ4n) is 1.74. The van der Waals surface area contributed by atoms with Gasteiger partial charge in [-0.05, 0) is 0 Å². The molecule has 106 valence electrons. The molecule has 0 aliphatic heterocycles. The molecular formula is C12H8N4O3SSe. The van der Waals surface area contributed by atoms with Crippen molar-refractivity contribution < 1.29 is 14.7 Å². The molecule has 3 rings (SSSR count). The summed E-state index contributed by atoms with van der Waals surface area (Å²) in [5.41, 5.74) is 2.05. The number of aromatic carboxylic acids is 1. The number of carbonyl (C=O) groups is 2. The van der Waals surface area contributed by atoms with E-state index in [0.29, 0.717) is 16.2 Å². The molecule has 0 unspecified atom stereocenters. The monoisotopic (exact) mass is 368 g/mol. The standard InChI is InChI=1S/C12H8N4O3SSe/c17-11(18)6-4-5-20-10(6)14-12(19)13-7-2-1-3-8-9(7)16-21-15-8/h1-5H,(H,17,18)(H2,13,14,19). The van der Waals surface area contributed by atoms with E-state index in [4.69, 9.17) is 5.11 Å². The van der Waals surface area contributed by atoms with Gasteiger partial charge in [-0.2, -0.15) is 0 Å². The molecular weight excluding hydrogens is 359 g/mol. The molecule has 0 aliphatic carbocycles. The number of nitrogens with zero attached hydrogens (tertiary/aromatic N) is 2. The van der Waals surface area contributed by atoms with Crippen LogP contribution >= 0.6 is 11.3 Å². The molecule has 2 aromatic heterocycles. The zero-order chi connectivity index (χ0) is 14.8. The van der Waals surface area contributed by atoms with Crippen molar-refractivity contribution in [1.29, 1.82) is 0 Å². The van der Waals surface area contributed by atoms with E-state index in [0.717, 1.165) is 16.9 Å². The molecule has 3 aromatic rings. The van der Waals surface area contributed by atoms with Crippen LogP contribution < -0.4 is 10.6 Å². The average Bonchev–Trinajstić information content (AvgIpc) is 3.07. The Morgan fingerprint density at radius 1 is 1.19 bits per heavy atom. The van der Waals surface area contributed by atoms with Crippen molar-refractivity contribution in [2.75, 3.05) is 10.6 Å². The number of urea groups is 1. The summed E-state index contributed by atoms with van der Waals surface area (Å²) in [4.78, 5) is 23.0. The van der Waals surface area contributed by atoms with Gasteiger partial charge in [0.05, 0.1) is 0 Å². The van der Waals surface area contributed by atoms with Gasteiger partial charge in [-0.1, -0.05) is 0 Å². The number of amides is 2. The summed E-state index contributed by atoms with van der Waals surface area (Å²) in [7, 11) is 0. The summed E-state index contributed by atoms with van der Waals surface area (Å²) < 4.78 is 8.49. The van der Waals surface area contributed by atoms with Crippen LogP contribution in [0.5, 0.6) is 0 Å². The maximum atomic E-state index is 12.0. The van der Waals surface area contributed by atoms with Gasteiger partial charge in [-0.25, -0.2) is 0 Å². The summed E-state index contributed by atoms with van der Waals surface area (Å²) in [5.74, 6) is -1.08. The number of thiophene rings is 1. The Kier molecular flexibility index (Phi) is 3.70. The second-order valence-corrected chi connectivity index (χ2v) is 6.01. The second kappa shape index (κ2) is 5.64. The molecule has 0 saturated heterocycles. The summed E-state index contributed by atoms with van der Waals surface area (Å²) in [6.07, 6.45) is 0. The van der Waals surface area contributed by atoms with E-state index in [9.17, 15) is 9.59 Å². The number of hydrogen-bond acceptors (Lipinski definition) is 5. The van der Waals surface area contributed by atoms with E-state index < -0.39 is 12.0 Å². The number of nitrogens with one attached hydrogen (secondary N) is 2. The van der Waals surface area contributed by atoms with Crippen molar-refractivity contribution in [2.24, 2.45) is 0 Å². The molecule has 0 fully saturated rings. The Morgan fingerprint density at radius 3 is 2.86 bits per heavy atom. The van der Waals surface area contributed by atoms with Gasteiger partial charge >= 0.3 is 129 Å². The summed E-state index contributed by atoms with van der Waals surface area (Å²) in [5, 5.41) is 16.1. The topological polar surface area (TPSA) is 104 Å². The Labute approximate surface area is 128 Å². The van der Waals surface area contributed by atoms with Crippen LogP contribution in [0.3, 0.4) is 0 Å². The number of carbonyl (C=O) groups excluding carboxylic acids is 1. The molecule has 0 radical (unpaired) electrons. The van der Waals surface area contributed by atoms with Gasteiger partial charge in [0.25, 0.3) is 0 Å². The van der Waals surface area contributed by atoms with Crippen molar-refractivity contribution in [3.8, 4) is 0 Å². The fraction of sp³-hybridized carbons (Fsp3) is 0. The quantitative estimate of drug-likeness (QED) is 0.615. The average molecular weight is 367 g/mol. The molecule has 2 heterocycles. The minimum atomic E-state index is -1.08. The molecule has 3 N–H and O–H groups in total. The van der Waals surface area contributed by atoms with Gasteiger partial charge in [0.2, 0.25) is 0 Å². The molecule has 9 heteroatoms. The van der Waals surface area contributed by atoms with Crippen LogP contribution in [0, 0.1) is 0 Å². The first-order valence-electron chi connectivity index (χ1n) is 5.75. The summed E-state index contributed by atoms with van der Waals surface area (Å²) >= 11 is 0.971. The molecule has 0 atom stereocenters. The molecule has 21 heavy (non-hydrogen) atoms. The van der Waals surface area contributed by atoms with Crippen LogP contribution in [-0.2, 0) is 0 Å². The molecule has 7 nitrogen and oxygen atoms in total. The number of fused-ring (bicyclic) bond motifs is 1. The summed E-state index contributed by atoms with van der Waals surface area (Å²) in [6.45, 7) is 0. The SMILES string of the molecule is O=C(Nc1sccc1C(=O)O)Nc1cccc2n[se]nc12.